The van der Waals surface area contributed by atoms with Crippen molar-refractivity contribution in [3.63, 3.8) is 0 Å². The van der Waals surface area contributed by atoms with Crippen LogP contribution in [0.2, 0.25) is 0 Å². The standard InChI is InChI=1S/C13H20N4O3.ClH/c1-8(2)13(3,7-14)16-12(18)9-5-4-6-10(11(9)15)17(19)20;/h4-6,8H,7,14-15H2,1-3H3,(H,16,18);1H. The van der Waals surface area contributed by atoms with Gasteiger partial charge in [0.1, 0.15) is 5.69 Å². The molecule has 5 N–H and O–H groups in total. The number of amides is 1. The first kappa shape index (κ1) is 19.1. The largest absolute Gasteiger partial charge is 0.393 e. The Morgan fingerprint density at radius 3 is 2.48 bits per heavy atom. The van der Waals surface area contributed by atoms with Gasteiger partial charge in [0.15, 0.2) is 0 Å². The molecule has 8 heteroatoms. The van der Waals surface area contributed by atoms with Crippen LogP contribution < -0.4 is 16.8 Å². The summed E-state index contributed by atoms with van der Waals surface area (Å²) in [6.07, 6.45) is 0. The highest BCUT2D eigenvalue weighted by Crippen LogP contribution is 2.25. The van der Waals surface area contributed by atoms with E-state index in [0.29, 0.717) is 0 Å². The number of benzene rings is 1. The molecule has 0 aliphatic carbocycles. The molecular formula is C13H21ClN4O3. The minimum Gasteiger partial charge on any atom is -0.393 e. The number of rotatable bonds is 5. The molecular weight excluding hydrogens is 296 g/mol. The van der Waals surface area contributed by atoms with Crippen molar-refractivity contribution in [2.45, 2.75) is 26.3 Å². The first-order valence-electron chi connectivity index (χ1n) is 6.28. The van der Waals surface area contributed by atoms with Crippen LogP contribution in [0.5, 0.6) is 0 Å². The quantitative estimate of drug-likeness (QED) is 0.433. The van der Waals surface area contributed by atoms with Crippen LogP contribution in [0, 0.1) is 16.0 Å². The fraction of sp³-hybridized carbons (Fsp3) is 0.462. The fourth-order valence-electron chi connectivity index (χ4n) is 1.67. The Morgan fingerprint density at radius 1 is 1.48 bits per heavy atom. The average Bonchev–Trinajstić information content (AvgIpc) is 2.37. The zero-order valence-corrected chi connectivity index (χ0v) is 13.1. The first-order valence-corrected chi connectivity index (χ1v) is 6.28. The molecule has 0 aromatic heterocycles. The summed E-state index contributed by atoms with van der Waals surface area (Å²) in [4.78, 5) is 22.5. The monoisotopic (exact) mass is 316 g/mol. The highest BCUT2D eigenvalue weighted by atomic mass is 35.5. The molecule has 1 atom stereocenters. The van der Waals surface area contributed by atoms with Gasteiger partial charge in [0, 0.05) is 12.6 Å². The van der Waals surface area contributed by atoms with E-state index < -0.39 is 16.4 Å². The van der Waals surface area contributed by atoms with Crippen LogP contribution >= 0.6 is 12.4 Å². The number of nitrogens with one attached hydrogen (secondary N) is 1. The molecule has 1 aromatic carbocycles. The predicted molar refractivity (Wildman–Crippen MR) is 84.5 cm³/mol. The van der Waals surface area contributed by atoms with Crippen LogP contribution in [0.15, 0.2) is 18.2 Å². The van der Waals surface area contributed by atoms with Crippen molar-refractivity contribution < 1.29 is 9.72 Å². The molecule has 0 heterocycles. The number of carbonyl (C=O) groups is 1. The van der Waals surface area contributed by atoms with E-state index in [1.165, 1.54) is 18.2 Å². The highest BCUT2D eigenvalue weighted by molar-refractivity contribution is 6.01. The van der Waals surface area contributed by atoms with Gasteiger partial charge in [-0.1, -0.05) is 19.9 Å². The van der Waals surface area contributed by atoms with Gasteiger partial charge in [0.25, 0.3) is 11.6 Å². The molecule has 0 spiro atoms. The third kappa shape index (κ3) is 4.05. The molecule has 0 radical (unpaired) electrons. The zero-order valence-electron chi connectivity index (χ0n) is 12.3. The molecule has 1 aromatic rings. The fourth-order valence-corrected chi connectivity index (χ4v) is 1.67. The number of nitrogen functional groups attached to an aromatic ring is 1. The van der Waals surface area contributed by atoms with Gasteiger partial charge in [-0.15, -0.1) is 12.4 Å². The summed E-state index contributed by atoms with van der Waals surface area (Å²) in [6.45, 7) is 5.95. The van der Waals surface area contributed by atoms with Crippen molar-refractivity contribution in [2.75, 3.05) is 12.3 Å². The summed E-state index contributed by atoms with van der Waals surface area (Å²) < 4.78 is 0. The Bertz CT molecular complexity index is 536. The summed E-state index contributed by atoms with van der Waals surface area (Å²) >= 11 is 0. The average molecular weight is 317 g/mol. The minimum atomic E-state index is -0.614. The molecule has 0 saturated heterocycles. The third-order valence-corrected chi connectivity index (χ3v) is 3.62. The Morgan fingerprint density at radius 2 is 2.05 bits per heavy atom. The van der Waals surface area contributed by atoms with Gasteiger partial charge >= 0.3 is 0 Å². The SMILES string of the molecule is CC(C)C(C)(CN)NC(=O)c1cccc([N+](=O)[O-])c1N.Cl. The van der Waals surface area contributed by atoms with Gasteiger partial charge in [-0.3, -0.25) is 14.9 Å². The number of nitro benzene ring substituents is 1. The van der Waals surface area contributed by atoms with Crippen molar-refractivity contribution >= 4 is 29.7 Å². The van der Waals surface area contributed by atoms with Crippen LogP contribution in [0.1, 0.15) is 31.1 Å². The van der Waals surface area contributed by atoms with Crippen LogP contribution in [0.25, 0.3) is 0 Å². The molecule has 21 heavy (non-hydrogen) atoms. The molecule has 0 aliphatic heterocycles. The van der Waals surface area contributed by atoms with Crippen molar-refractivity contribution in [2.24, 2.45) is 11.7 Å². The molecule has 0 fully saturated rings. The summed E-state index contributed by atoms with van der Waals surface area (Å²) in [5.74, 6) is -0.357. The lowest BCUT2D eigenvalue weighted by atomic mass is 9.88. The Hall–Kier alpha value is -1.86. The van der Waals surface area contributed by atoms with Gasteiger partial charge in [-0.25, -0.2) is 0 Å². The number of halogens is 1. The predicted octanol–water partition coefficient (Wildman–Crippen LogP) is 1.70. The summed E-state index contributed by atoms with van der Waals surface area (Å²) in [5, 5.41) is 13.6. The van der Waals surface area contributed by atoms with Crippen LogP contribution in [-0.4, -0.2) is 22.9 Å². The maximum atomic E-state index is 12.3. The Kier molecular flexibility index (Phi) is 6.59. The van der Waals surface area contributed by atoms with Crippen LogP contribution in [-0.2, 0) is 0 Å². The van der Waals surface area contributed by atoms with Crippen molar-refractivity contribution in [3.05, 3.63) is 33.9 Å². The lowest BCUT2D eigenvalue weighted by Crippen LogP contribution is -2.55. The smallest absolute Gasteiger partial charge is 0.292 e. The summed E-state index contributed by atoms with van der Waals surface area (Å²) in [6, 6.07) is 4.14. The minimum absolute atomic E-state index is 0. The second-order valence-electron chi connectivity index (χ2n) is 5.23. The van der Waals surface area contributed by atoms with E-state index in [2.05, 4.69) is 5.32 Å². The van der Waals surface area contributed by atoms with E-state index in [-0.39, 0.29) is 41.8 Å². The zero-order chi connectivity index (χ0) is 15.5. The molecule has 0 saturated carbocycles. The molecule has 0 aliphatic rings. The van der Waals surface area contributed by atoms with Crippen molar-refractivity contribution in [1.82, 2.24) is 5.32 Å². The van der Waals surface area contributed by atoms with Gasteiger partial charge in [-0.05, 0) is 18.9 Å². The van der Waals surface area contributed by atoms with Crippen LogP contribution in [0.3, 0.4) is 0 Å². The second kappa shape index (κ2) is 7.24. The van der Waals surface area contributed by atoms with Crippen molar-refractivity contribution in [1.29, 1.82) is 0 Å². The number of para-hydroxylation sites is 1. The number of hydrogen-bond donors (Lipinski definition) is 3. The second-order valence-corrected chi connectivity index (χ2v) is 5.23. The van der Waals surface area contributed by atoms with Gasteiger partial charge in [0.05, 0.1) is 16.0 Å². The molecule has 1 amide bonds. The first-order chi connectivity index (χ1) is 9.23. The van der Waals surface area contributed by atoms with Crippen molar-refractivity contribution in [3.8, 4) is 0 Å². The molecule has 7 nitrogen and oxygen atoms in total. The number of nitro groups is 1. The maximum absolute atomic E-state index is 12.3. The molecule has 1 unspecified atom stereocenters. The van der Waals surface area contributed by atoms with Crippen LogP contribution in [0.4, 0.5) is 11.4 Å². The number of carbonyl (C=O) groups excluding carboxylic acids is 1. The lowest BCUT2D eigenvalue weighted by molar-refractivity contribution is -0.383. The van der Waals surface area contributed by atoms with E-state index in [0.717, 1.165) is 0 Å². The maximum Gasteiger partial charge on any atom is 0.292 e. The topological polar surface area (TPSA) is 124 Å². The van der Waals surface area contributed by atoms with Gasteiger partial charge in [-0.2, -0.15) is 0 Å². The molecule has 118 valence electrons. The summed E-state index contributed by atoms with van der Waals surface area (Å²) in [5.41, 5.74) is 10.4. The number of nitrogens with two attached hydrogens (primary N) is 2. The molecule has 1 rings (SSSR count). The van der Waals surface area contributed by atoms with E-state index in [9.17, 15) is 14.9 Å². The highest BCUT2D eigenvalue weighted by Gasteiger charge is 2.30. The lowest BCUT2D eigenvalue weighted by Gasteiger charge is -2.33. The van der Waals surface area contributed by atoms with E-state index in [1.807, 2.05) is 20.8 Å². The third-order valence-electron chi connectivity index (χ3n) is 3.62. The Balaban J connectivity index is 0.00000400. The van der Waals surface area contributed by atoms with E-state index in [4.69, 9.17) is 11.5 Å². The number of anilines is 1. The normalized spacial score (nSPS) is 13.2. The van der Waals surface area contributed by atoms with E-state index >= 15 is 0 Å². The number of hydrogen-bond acceptors (Lipinski definition) is 5. The van der Waals surface area contributed by atoms with Gasteiger partial charge < -0.3 is 16.8 Å². The molecule has 0 bridgehead atoms. The Labute approximate surface area is 129 Å². The van der Waals surface area contributed by atoms with E-state index in [1.54, 1.807) is 0 Å². The van der Waals surface area contributed by atoms with Gasteiger partial charge in [0.2, 0.25) is 0 Å². The summed E-state index contributed by atoms with van der Waals surface area (Å²) in [7, 11) is 0. The number of nitrogens with zero attached hydrogens (tertiary/aromatic N) is 1.